The fraction of sp³-hybridized carbons (Fsp3) is 0.0789. The summed E-state index contributed by atoms with van der Waals surface area (Å²) in [6.07, 6.45) is 7.98. The zero-order chi connectivity index (χ0) is 27.1. The molecule has 194 valence electrons. The van der Waals surface area contributed by atoms with Gasteiger partial charge in [0.25, 0.3) is 0 Å². The van der Waals surface area contributed by atoms with Crippen molar-refractivity contribution in [2.75, 3.05) is 0 Å². The number of nitrogens with zero attached hydrogens (tertiary/aromatic N) is 2. The summed E-state index contributed by atoms with van der Waals surface area (Å²) >= 11 is 1.81. The lowest BCUT2D eigenvalue weighted by Crippen LogP contribution is -2.06. The van der Waals surface area contributed by atoms with Crippen LogP contribution in [0.3, 0.4) is 0 Å². The summed E-state index contributed by atoms with van der Waals surface area (Å²) in [6, 6.07) is 37.6. The van der Waals surface area contributed by atoms with Crippen LogP contribution >= 0.6 is 11.3 Å². The van der Waals surface area contributed by atoms with Crippen molar-refractivity contribution in [3.8, 4) is 22.3 Å². The minimum absolute atomic E-state index is 0.416. The first-order valence-corrected chi connectivity index (χ1v) is 15.1. The number of fused-ring (bicyclic) bond motifs is 8. The number of allylic oxidation sites excluding steroid dienone is 1. The summed E-state index contributed by atoms with van der Waals surface area (Å²) in [5, 5.41) is 6.42. The Balaban J connectivity index is 1.37. The van der Waals surface area contributed by atoms with E-state index in [4.69, 9.17) is 4.98 Å². The van der Waals surface area contributed by atoms with Gasteiger partial charge >= 0.3 is 0 Å². The van der Waals surface area contributed by atoms with Gasteiger partial charge in [0.2, 0.25) is 0 Å². The molecule has 0 radical (unpaired) electrons. The summed E-state index contributed by atoms with van der Waals surface area (Å²) < 4.78 is 3.54. The molecule has 0 spiro atoms. The number of hydrogen-bond donors (Lipinski definition) is 0. The van der Waals surface area contributed by atoms with E-state index in [1.807, 2.05) is 11.3 Å². The van der Waals surface area contributed by atoms with Crippen molar-refractivity contribution in [2.24, 2.45) is 0 Å². The molecule has 1 aliphatic carbocycles. The number of benzene rings is 5. The van der Waals surface area contributed by atoms with Crippen molar-refractivity contribution in [3.63, 3.8) is 0 Å². The molecule has 0 bridgehead atoms. The number of thiophene rings is 1. The summed E-state index contributed by atoms with van der Waals surface area (Å²) in [5.41, 5.74) is 10.1. The van der Waals surface area contributed by atoms with E-state index in [-0.39, 0.29) is 0 Å². The van der Waals surface area contributed by atoms with Gasteiger partial charge in [0, 0.05) is 16.3 Å². The van der Waals surface area contributed by atoms with Crippen molar-refractivity contribution in [1.82, 2.24) is 9.38 Å². The van der Waals surface area contributed by atoms with Crippen molar-refractivity contribution in [2.45, 2.75) is 19.3 Å². The van der Waals surface area contributed by atoms with E-state index in [1.54, 1.807) is 0 Å². The van der Waals surface area contributed by atoms with Gasteiger partial charge in [-0.2, -0.15) is 0 Å². The smallest absolute Gasteiger partial charge is 0.139 e. The van der Waals surface area contributed by atoms with Crippen LogP contribution in [-0.2, 0) is 0 Å². The third-order valence-corrected chi connectivity index (χ3v) is 10.00. The van der Waals surface area contributed by atoms with Crippen LogP contribution < -0.4 is 0 Å². The predicted molar refractivity (Wildman–Crippen MR) is 176 cm³/mol. The van der Waals surface area contributed by atoms with E-state index in [0.717, 1.165) is 17.6 Å². The largest absolute Gasteiger partial charge is 0.291 e. The summed E-state index contributed by atoms with van der Waals surface area (Å²) in [7, 11) is 0. The topological polar surface area (TPSA) is 17.3 Å². The van der Waals surface area contributed by atoms with Crippen LogP contribution in [0.4, 0.5) is 0 Å². The zero-order valence-electron chi connectivity index (χ0n) is 22.6. The average Bonchev–Trinajstić information content (AvgIpc) is 3.55. The van der Waals surface area contributed by atoms with Crippen LogP contribution in [0.5, 0.6) is 0 Å². The van der Waals surface area contributed by atoms with Crippen LogP contribution in [0.15, 0.2) is 115 Å². The monoisotopic (exact) mass is 542 g/mol. The van der Waals surface area contributed by atoms with E-state index >= 15 is 0 Å². The van der Waals surface area contributed by atoms with Crippen molar-refractivity contribution in [1.29, 1.82) is 0 Å². The normalized spacial score (nSPS) is 15.0. The number of aromatic nitrogens is 2. The highest BCUT2D eigenvalue weighted by molar-refractivity contribution is 7.25. The SMILES string of the molecule is CC1CC=Cc2c1c(-c1cccc3ccccc13)c1ccccc1c2-c1ccn2c(c1)nc1c3ccccc3sc12. The average molecular weight is 543 g/mol. The predicted octanol–water partition coefficient (Wildman–Crippen LogP) is 10.9. The molecule has 0 amide bonds. The van der Waals surface area contributed by atoms with Crippen molar-refractivity contribution >= 4 is 65.0 Å². The fourth-order valence-electron chi connectivity index (χ4n) is 7.02. The molecule has 0 N–H and O–H groups in total. The van der Waals surface area contributed by atoms with Crippen LogP contribution in [0.25, 0.3) is 76.0 Å². The molecule has 5 aromatic carbocycles. The Morgan fingerprint density at radius 2 is 1.49 bits per heavy atom. The fourth-order valence-corrected chi connectivity index (χ4v) is 8.16. The molecule has 3 aromatic heterocycles. The van der Waals surface area contributed by atoms with Crippen molar-refractivity contribution in [3.05, 3.63) is 127 Å². The molecule has 0 fully saturated rings. The molecule has 3 heterocycles. The Morgan fingerprint density at radius 1 is 0.756 bits per heavy atom. The Morgan fingerprint density at radius 3 is 2.37 bits per heavy atom. The van der Waals surface area contributed by atoms with Gasteiger partial charge in [-0.1, -0.05) is 104 Å². The highest BCUT2D eigenvalue weighted by atomic mass is 32.1. The van der Waals surface area contributed by atoms with Gasteiger partial charge in [0.1, 0.15) is 16.0 Å². The lowest BCUT2D eigenvalue weighted by atomic mass is 9.76. The second-order valence-corrected chi connectivity index (χ2v) is 12.2. The zero-order valence-corrected chi connectivity index (χ0v) is 23.5. The maximum Gasteiger partial charge on any atom is 0.139 e. The molecule has 0 saturated heterocycles. The molecular formula is C38H26N2S. The maximum absolute atomic E-state index is 5.15. The van der Waals surface area contributed by atoms with Gasteiger partial charge in [0.15, 0.2) is 0 Å². The molecule has 1 aliphatic rings. The second kappa shape index (κ2) is 8.63. The second-order valence-electron chi connectivity index (χ2n) is 11.2. The summed E-state index contributed by atoms with van der Waals surface area (Å²) in [6.45, 7) is 2.38. The number of pyridine rings is 1. The van der Waals surface area contributed by atoms with Gasteiger partial charge in [-0.15, -0.1) is 11.3 Å². The number of hydrogen-bond acceptors (Lipinski definition) is 2. The van der Waals surface area contributed by atoms with E-state index in [1.165, 1.54) is 69.8 Å². The molecule has 8 aromatic rings. The lowest BCUT2D eigenvalue weighted by Gasteiger charge is -2.28. The standard InChI is InChI=1S/C38H26N2S/c1-23-10-8-18-31-34(23)36(27-17-9-12-24-11-2-3-13-26(24)27)29-15-5-4-14-28(29)35(31)25-20-21-40-33(22-25)39-37-30-16-6-7-19-32(30)41-38(37)40/h2-9,11-23H,10H2,1H3. The Kier molecular flexibility index (Phi) is 4.85. The first kappa shape index (κ1) is 23.0. The number of rotatable bonds is 2. The summed E-state index contributed by atoms with van der Waals surface area (Å²) in [5.74, 6) is 0.416. The van der Waals surface area contributed by atoms with Crippen LogP contribution in [0.1, 0.15) is 30.4 Å². The minimum Gasteiger partial charge on any atom is -0.291 e. The number of imidazole rings is 1. The molecule has 0 aliphatic heterocycles. The van der Waals surface area contributed by atoms with E-state index in [2.05, 4.69) is 133 Å². The molecule has 41 heavy (non-hydrogen) atoms. The van der Waals surface area contributed by atoms with Gasteiger partial charge in [-0.05, 0) is 85.5 Å². The molecule has 0 saturated carbocycles. The molecule has 2 nitrogen and oxygen atoms in total. The Hall–Kier alpha value is -4.73. The maximum atomic E-state index is 5.15. The van der Waals surface area contributed by atoms with Crippen LogP contribution in [0.2, 0.25) is 0 Å². The van der Waals surface area contributed by atoms with E-state index in [0.29, 0.717) is 5.92 Å². The molecule has 1 unspecified atom stereocenters. The minimum atomic E-state index is 0.416. The molecule has 3 heteroatoms. The van der Waals surface area contributed by atoms with Gasteiger partial charge < -0.3 is 0 Å². The van der Waals surface area contributed by atoms with Crippen molar-refractivity contribution < 1.29 is 0 Å². The highest BCUT2D eigenvalue weighted by Crippen LogP contribution is 2.49. The summed E-state index contributed by atoms with van der Waals surface area (Å²) in [4.78, 5) is 6.36. The Bertz CT molecular complexity index is 2360. The highest BCUT2D eigenvalue weighted by Gasteiger charge is 2.26. The van der Waals surface area contributed by atoms with Crippen LogP contribution in [0, 0.1) is 0 Å². The quantitative estimate of drug-likeness (QED) is 0.212. The van der Waals surface area contributed by atoms with E-state index < -0.39 is 0 Å². The molecule has 9 rings (SSSR count). The Labute approximate surface area is 241 Å². The van der Waals surface area contributed by atoms with Gasteiger partial charge in [0.05, 0.1) is 0 Å². The first-order valence-electron chi connectivity index (χ1n) is 14.3. The first-order chi connectivity index (χ1) is 20.3. The van der Waals surface area contributed by atoms with Gasteiger partial charge in [-0.25, -0.2) is 4.98 Å². The molecular weight excluding hydrogens is 516 g/mol. The third-order valence-electron chi connectivity index (χ3n) is 8.84. The van der Waals surface area contributed by atoms with E-state index in [9.17, 15) is 0 Å². The van der Waals surface area contributed by atoms with Gasteiger partial charge in [-0.3, -0.25) is 4.40 Å². The lowest BCUT2D eigenvalue weighted by molar-refractivity contribution is 0.775. The van der Waals surface area contributed by atoms with Crippen LogP contribution in [-0.4, -0.2) is 9.38 Å². The molecule has 1 atom stereocenters. The third kappa shape index (κ3) is 3.27.